The molecule has 0 amide bonds. The molecule has 0 saturated heterocycles. The molecule has 310 valence electrons. The Morgan fingerprint density at radius 2 is 0.645 bits per heavy atom. The van der Waals surface area contributed by atoms with E-state index in [9.17, 15) is 29.4 Å². The smallest absolute Gasteiger partial charge is 0.347 e. The van der Waals surface area contributed by atoms with Crippen molar-refractivity contribution in [2.45, 2.75) is 38.5 Å². The van der Waals surface area contributed by atoms with Crippen molar-refractivity contribution in [3.8, 4) is 34.5 Å². The summed E-state index contributed by atoms with van der Waals surface area (Å²) < 4.78 is 22.5. The van der Waals surface area contributed by atoms with Crippen molar-refractivity contribution in [1.29, 1.82) is 0 Å². The van der Waals surface area contributed by atoms with Gasteiger partial charge in [0.25, 0.3) is 0 Å². The topological polar surface area (TPSA) is 146 Å². The third-order valence-corrected chi connectivity index (χ3v) is 10.7. The lowest BCUT2D eigenvalue weighted by atomic mass is 9.78. The summed E-state index contributed by atoms with van der Waals surface area (Å²) in [5, 5.41) is 19.4. The number of para-hydroxylation sites is 2. The molecule has 0 aliphatic heterocycles. The second kappa shape index (κ2) is 17.7. The molecule has 0 atom stereocenters. The number of benzene rings is 7. The van der Waals surface area contributed by atoms with Gasteiger partial charge in [-0.3, -0.25) is 0 Å². The molecule has 7 rings (SSSR count). The summed E-state index contributed by atoms with van der Waals surface area (Å²) >= 11 is 0. The molecule has 0 aliphatic carbocycles. The Morgan fingerprint density at radius 1 is 0.355 bits per heavy atom. The molecule has 2 N–H and O–H groups in total. The molecule has 7 aromatic carbocycles. The van der Waals surface area contributed by atoms with Crippen LogP contribution in [0.4, 0.5) is 0 Å². The van der Waals surface area contributed by atoms with Crippen LogP contribution in [0.5, 0.6) is 34.5 Å². The van der Waals surface area contributed by atoms with Crippen molar-refractivity contribution in [2.75, 3.05) is 0 Å². The van der Waals surface area contributed by atoms with Gasteiger partial charge < -0.3 is 29.2 Å². The van der Waals surface area contributed by atoms with Gasteiger partial charge in [-0.1, -0.05) is 100 Å². The molecule has 0 radical (unpaired) electrons. The standard InChI is InChI=1S/C52H42O10/c1-51(2,35-17-25-39(53)26-18-35)37-21-29-41(30-22-37)59-49(57)43-9-5-7-11-45(43)61-47(55)33-13-15-34(16-14-33)48(56)62-46-12-8-6-10-44(46)50(58)60-42-31-23-38(24-32-42)52(3,4)36-19-27-40(54)28-20-36/h5-32,53-54H,1-4H3. The van der Waals surface area contributed by atoms with E-state index < -0.39 is 23.9 Å². The highest BCUT2D eigenvalue weighted by Gasteiger charge is 2.26. The normalized spacial score (nSPS) is 11.3. The van der Waals surface area contributed by atoms with Gasteiger partial charge in [-0.25, -0.2) is 19.2 Å². The van der Waals surface area contributed by atoms with Gasteiger partial charge in [0, 0.05) is 10.8 Å². The van der Waals surface area contributed by atoms with E-state index in [2.05, 4.69) is 27.7 Å². The Kier molecular flexibility index (Phi) is 12.0. The number of phenols is 2. The van der Waals surface area contributed by atoms with E-state index in [-0.39, 0.29) is 56.1 Å². The summed E-state index contributed by atoms with van der Waals surface area (Å²) in [6.45, 7) is 8.21. The van der Waals surface area contributed by atoms with Crippen LogP contribution in [0.1, 0.15) is 91.4 Å². The van der Waals surface area contributed by atoms with Gasteiger partial charge in [0.1, 0.15) is 45.6 Å². The van der Waals surface area contributed by atoms with E-state index in [0.29, 0.717) is 11.5 Å². The molecule has 0 saturated carbocycles. The minimum absolute atomic E-state index is 0.0200. The molecule has 0 fully saturated rings. The van der Waals surface area contributed by atoms with E-state index >= 15 is 0 Å². The quantitative estimate of drug-likeness (QED) is 0.0901. The largest absolute Gasteiger partial charge is 0.508 e. The first-order valence-electron chi connectivity index (χ1n) is 19.7. The van der Waals surface area contributed by atoms with Crippen LogP contribution in [0.15, 0.2) is 170 Å². The minimum atomic E-state index is -0.781. The maximum absolute atomic E-state index is 13.3. The Bertz CT molecular complexity index is 2540. The summed E-state index contributed by atoms with van der Waals surface area (Å²) in [4.78, 5) is 53.1. The summed E-state index contributed by atoms with van der Waals surface area (Å²) in [7, 11) is 0. The summed E-state index contributed by atoms with van der Waals surface area (Å²) in [6, 6.07) is 46.1. The number of hydrogen-bond donors (Lipinski definition) is 2. The number of carbonyl (C=O) groups excluding carboxylic acids is 4. The molecular formula is C52H42O10. The van der Waals surface area contributed by atoms with Crippen molar-refractivity contribution < 1.29 is 48.3 Å². The third-order valence-electron chi connectivity index (χ3n) is 10.7. The van der Waals surface area contributed by atoms with E-state index in [1.54, 1.807) is 72.8 Å². The number of phenolic OH excluding ortho intramolecular Hbond substituents is 2. The second-order valence-corrected chi connectivity index (χ2v) is 15.5. The number of hydrogen-bond acceptors (Lipinski definition) is 10. The molecular weight excluding hydrogens is 785 g/mol. The predicted molar refractivity (Wildman–Crippen MR) is 233 cm³/mol. The van der Waals surface area contributed by atoms with E-state index in [0.717, 1.165) is 22.3 Å². The molecule has 0 bridgehead atoms. The lowest BCUT2D eigenvalue weighted by Gasteiger charge is -2.26. The zero-order valence-corrected chi connectivity index (χ0v) is 34.3. The van der Waals surface area contributed by atoms with E-state index in [1.807, 2.05) is 48.5 Å². The second-order valence-electron chi connectivity index (χ2n) is 15.5. The van der Waals surface area contributed by atoms with Gasteiger partial charge in [-0.05, 0) is 119 Å². The molecule has 62 heavy (non-hydrogen) atoms. The van der Waals surface area contributed by atoms with Crippen molar-refractivity contribution in [2.24, 2.45) is 0 Å². The van der Waals surface area contributed by atoms with Crippen LogP contribution in [-0.4, -0.2) is 34.1 Å². The van der Waals surface area contributed by atoms with Crippen LogP contribution in [0.25, 0.3) is 0 Å². The van der Waals surface area contributed by atoms with E-state index in [1.165, 1.54) is 48.5 Å². The van der Waals surface area contributed by atoms with Crippen LogP contribution < -0.4 is 18.9 Å². The van der Waals surface area contributed by atoms with Crippen molar-refractivity contribution in [1.82, 2.24) is 0 Å². The number of ether oxygens (including phenoxy) is 4. The molecule has 0 aromatic heterocycles. The molecule has 0 unspecified atom stereocenters. The van der Waals surface area contributed by atoms with Crippen LogP contribution in [0.2, 0.25) is 0 Å². The van der Waals surface area contributed by atoms with Gasteiger partial charge in [0.15, 0.2) is 0 Å². The highest BCUT2D eigenvalue weighted by atomic mass is 16.6. The third kappa shape index (κ3) is 9.40. The Morgan fingerprint density at radius 3 is 0.968 bits per heavy atom. The number of aromatic hydroxyl groups is 2. The molecule has 0 aliphatic rings. The van der Waals surface area contributed by atoms with Crippen LogP contribution in [-0.2, 0) is 10.8 Å². The van der Waals surface area contributed by atoms with Crippen molar-refractivity contribution in [3.05, 3.63) is 214 Å². The lowest BCUT2D eigenvalue weighted by Crippen LogP contribution is -2.19. The Labute approximate surface area is 358 Å². The first-order chi connectivity index (χ1) is 29.7. The predicted octanol–water partition coefficient (Wildman–Crippen LogP) is 10.6. The number of carbonyl (C=O) groups is 4. The summed E-state index contributed by atoms with van der Waals surface area (Å²) in [6.07, 6.45) is 0. The van der Waals surface area contributed by atoms with Crippen LogP contribution >= 0.6 is 0 Å². The van der Waals surface area contributed by atoms with E-state index in [4.69, 9.17) is 18.9 Å². The molecule has 0 heterocycles. The van der Waals surface area contributed by atoms with Gasteiger partial charge in [-0.2, -0.15) is 0 Å². The first-order valence-corrected chi connectivity index (χ1v) is 19.7. The lowest BCUT2D eigenvalue weighted by molar-refractivity contribution is 0.0685. The van der Waals surface area contributed by atoms with Crippen LogP contribution in [0.3, 0.4) is 0 Å². The average Bonchev–Trinajstić information content (AvgIpc) is 3.27. The molecule has 0 spiro atoms. The summed E-state index contributed by atoms with van der Waals surface area (Å²) in [5.41, 5.74) is 3.40. The fourth-order valence-corrected chi connectivity index (χ4v) is 6.80. The highest BCUT2D eigenvalue weighted by Crippen LogP contribution is 2.35. The fourth-order valence-electron chi connectivity index (χ4n) is 6.80. The Hall–Kier alpha value is -7.98. The maximum atomic E-state index is 13.3. The molecule has 10 nitrogen and oxygen atoms in total. The monoisotopic (exact) mass is 826 g/mol. The van der Waals surface area contributed by atoms with Gasteiger partial charge in [0.2, 0.25) is 0 Å². The minimum Gasteiger partial charge on any atom is -0.508 e. The molecule has 7 aromatic rings. The SMILES string of the molecule is CC(C)(c1ccc(O)cc1)c1ccc(OC(=O)c2ccccc2OC(=O)c2ccc(C(=O)Oc3ccccc3C(=O)Oc3ccc(C(C)(C)c4ccc(O)cc4)cc3)cc2)cc1. The Balaban J connectivity index is 0.962. The zero-order valence-electron chi connectivity index (χ0n) is 34.3. The van der Waals surface area contributed by atoms with Crippen molar-refractivity contribution in [3.63, 3.8) is 0 Å². The number of esters is 4. The molecule has 10 heteroatoms. The first kappa shape index (κ1) is 42.2. The maximum Gasteiger partial charge on any atom is 0.347 e. The summed E-state index contributed by atoms with van der Waals surface area (Å²) in [5.74, 6) is -2.11. The average molecular weight is 827 g/mol. The zero-order chi connectivity index (χ0) is 44.0. The van der Waals surface area contributed by atoms with Gasteiger partial charge in [-0.15, -0.1) is 0 Å². The highest BCUT2D eigenvalue weighted by molar-refractivity contribution is 5.99. The van der Waals surface area contributed by atoms with Crippen LogP contribution in [0, 0.1) is 0 Å². The number of rotatable bonds is 12. The van der Waals surface area contributed by atoms with Crippen molar-refractivity contribution >= 4 is 23.9 Å². The van der Waals surface area contributed by atoms with Gasteiger partial charge >= 0.3 is 23.9 Å². The fraction of sp³-hybridized carbons (Fsp3) is 0.115. The van der Waals surface area contributed by atoms with Gasteiger partial charge in [0.05, 0.1) is 11.1 Å².